The molecule has 3 rings (SSSR count). The quantitative estimate of drug-likeness (QED) is 0.788. The van der Waals surface area contributed by atoms with E-state index in [2.05, 4.69) is 10.7 Å². The maximum Gasteiger partial charge on any atom is 0.344 e. The van der Waals surface area contributed by atoms with Gasteiger partial charge in [0.05, 0.1) is 0 Å². The zero-order valence-corrected chi connectivity index (χ0v) is 14.7. The van der Waals surface area contributed by atoms with Crippen molar-refractivity contribution in [2.24, 2.45) is 0 Å². The van der Waals surface area contributed by atoms with Crippen LogP contribution in [0.4, 0.5) is 9.18 Å². The van der Waals surface area contributed by atoms with E-state index < -0.39 is 35.3 Å². The summed E-state index contributed by atoms with van der Waals surface area (Å²) in [5, 5.41) is 3.23. The van der Waals surface area contributed by atoms with Crippen LogP contribution in [0.25, 0.3) is 0 Å². The van der Waals surface area contributed by atoms with Crippen LogP contribution in [-0.2, 0) is 15.1 Å². The molecule has 0 spiro atoms. The molecule has 1 fully saturated rings. The van der Waals surface area contributed by atoms with Gasteiger partial charge < -0.3 is 10.1 Å². The molecule has 2 atom stereocenters. The van der Waals surface area contributed by atoms with E-state index in [0.717, 1.165) is 0 Å². The number of hydrogen-bond donors (Lipinski definition) is 2. The number of rotatable bonds is 5. The average Bonchev–Trinajstić information content (AvgIpc) is 2.88. The van der Waals surface area contributed by atoms with Crippen molar-refractivity contribution >= 4 is 17.8 Å². The number of carbonyl (C=O) groups is 3. The fourth-order valence-electron chi connectivity index (χ4n) is 2.68. The Morgan fingerprint density at radius 3 is 2.41 bits per heavy atom. The van der Waals surface area contributed by atoms with Gasteiger partial charge in [-0.05, 0) is 43.7 Å². The monoisotopic (exact) mass is 371 g/mol. The van der Waals surface area contributed by atoms with Crippen molar-refractivity contribution < 1.29 is 23.5 Å². The van der Waals surface area contributed by atoms with E-state index >= 15 is 0 Å². The molecule has 0 radical (unpaired) electrons. The Hall–Kier alpha value is -3.42. The van der Waals surface area contributed by atoms with Gasteiger partial charge in [0.1, 0.15) is 17.1 Å². The molecule has 1 aliphatic heterocycles. The summed E-state index contributed by atoms with van der Waals surface area (Å²) >= 11 is 0. The second-order valence-corrected chi connectivity index (χ2v) is 6.25. The summed E-state index contributed by atoms with van der Waals surface area (Å²) in [5.41, 5.74) is 1.58. The molecule has 140 valence electrons. The zero-order chi connectivity index (χ0) is 19.6. The van der Waals surface area contributed by atoms with E-state index in [9.17, 15) is 18.8 Å². The molecule has 4 amide bonds. The summed E-state index contributed by atoms with van der Waals surface area (Å²) in [7, 11) is 0. The highest BCUT2D eigenvalue weighted by Gasteiger charge is 2.50. The smallest absolute Gasteiger partial charge is 0.344 e. The van der Waals surface area contributed by atoms with Crippen molar-refractivity contribution in [2.45, 2.75) is 25.5 Å². The van der Waals surface area contributed by atoms with Gasteiger partial charge in [-0.1, -0.05) is 30.3 Å². The van der Waals surface area contributed by atoms with Crippen LogP contribution >= 0.6 is 0 Å². The van der Waals surface area contributed by atoms with Crippen LogP contribution in [0.1, 0.15) is 19.4 Å². The summed E-state index contributed by atoms with van der Waals surface area (Å²) in [4.78, 5) is 37.3. The first-order valence-electron chi connectivity index (χ1n) is 8.26. The van der Waals surface area contributed by atoms with Gasteiger partial charge in [-0.25, -0.2) is 9.18 Å². The van der Waals surface area contributed by atoms with Gasteiger partial charge in [-0.2, -0.15) is 5.01 Å². The first-order valence-corrected chi connectivity index (χ1v) is 8.26. The molecular formula is C19H18FN3O4. The molecule has 0 unspecified atom stereocenters. The molecule has 1 aliphatic rings. The number of carbonyl (C=O) groups excluding carboxylic acids is 3. The number of nitrogens with one attached hydrogen (secondary N) is 2. The number of halogens is 1. The van der Waals surface area contributed by atoms with Crippen LogP contribution in [-0.4, -0.2) is 29.0 Å². The predicted octanol–water partition coefficient (Wildman–Crippen LogP) is 2.09. The Balaban J connectivity index is 1.69. The van der Waals surface area contributed by atoms with Gasteiger partial charge in [0.2, 0.25) is 0 Å². The summed E-state index contributed by atoms with van der Waals surface area (Å²) in [6.45, 7) is 3.01. The topological polar surface area (TPSA) is 87.7 Å². The van der Waals surface area contributed by atoms with Gasteiger partial charge in [0.15, 0.2) is 6.10 Å². The highest BCUT2D eigenvalue weighted by atomic mass is 19.1. The second kappa shape index (κ2) is 7.06. The van der Waals surface area contributed by atoms with E-state index in [1.807, 2.05) is 0 Å². The lowest BCUT2D eigenvalue weighted by Gasteiger charge is -2.22. The van der Waals surface area contributed by atoms with Crippen LogP contribution < -0.4 is 15.5 Å². The number of urea groups is 1. The van der Waals surface area contributed by atoms with E-state index in [4.69, 9.17) is 4.74 Å². The lowest BCUT2D eigenvalue weighted by Crippen LogP contribution is -2.51. The molecule has 2 aromatic rings. The largest absolute Gasteiger partial charge is 0.481 e. The van der Waals surface area contributed by atoms with Crippen LogP contribution in [0, 0.1) is 5.82 Å². The minimum Gasteiger partial charge on any atom is -0.481 e. The lowest BCUT2D eigenvalue weighted by molar-refractivity contribution is -0.141. The number of hydrogen-bond acceptors (Lipinski definition) is 4. The molecule has 2 N–H and O–H groups in total. The number of imide groups is 1. The molecule has 0 bridgehead atoms. The highest BCUT2D eigenvalue weighted by molar-refractivity contribution is 6.08. The van der Waals surface area contributed by atoms with Crippen molar-refractivity contribution in [3.63, 3.8) is 0 Å². The Kier molecular flexibility index (Phi) is 4.81. The van der Waals surface area contributed by atoms with E-state index in [1.54, 1.807) is 37.3 Å². The van der Waals surface area contributed by atoms with Crippen LogP contribution in [0.5, 0.6) is 5.75 Å². The molecule has 0 aliphatic carbocycles. The first-order chi connectivity index (χ1) is 12.8. The van der Waals surface area contributed by atoms with Gasteiger partial charge in [-0.15, -0.1) is 0 Å². The molecule has 1 saturated heterocycles. The van der Waals surface area contributed by atoms with Crippen molar-refractivity contribution in [3.05, 3.63) is 66.0 Å². The minimum absolute atomic E-state index is 0.283. The maximum absolute atomic E-state index is 12.9. The Morgan fingerprint density at radius 1 is 1.15 bits per heavy atom. The number of nitrogens with zero attached hydrogens (tertiary/aromatic N) is 1. The highest BCUT2D eigenvalue weighted by Crippen LogP contribution is 2.27. The van der Waals surface area contributed by atoms with E-state index in [1.165, 1.54) is 31.2 Å². The second-order valence-electron chi connectivity index (χ2n) is 6.25. The molecule has 0 aromatic heterocycles. The average molecular weight is 371 g/mol. The normalized spacial score (nSPS) is 20.2. The molecule has 1 heterocycles. The van der Waals surface area contributed by atoms with Crippen molar-refractivity contribution in [3.8, 4) is 5.75 Å². The Labute approximate surface area is 155 Å². The summed E-state index contributed by atoms with van der Waals surface area (Å²) in [5.74, 6) is -1.45. The molecule has 27 heavy (non-hydrogen) atoms. The third kappa shape index (κ3) is 3.59. The zero-order valence-electron chi connectivity index (χ0n) is 14.7. The fourth-order valence-corrected chi connectivity index (χ4v) is 2.68. The van der Waals surface area contributed by atoms with Gasteiger partial charge in [0, 0.05) is 0 Å². The van der Waals surface area contributed by atoms with Gasteiger partial charge >= 0.3 is 6.03 Å². The van der Waals surface area contributed by atoms with Gasteiger partial charge in [0.25, 0.3) is 11.8 Å². The predicted molar refractivity (Wildman–Crippen MR) is 93.8 cm³/mol. The maximum atomic E-state index is 12.9. The first kappa shape index (κ1) is 18.4. The fraction of sp³-hybridized carbons (Fsp3) is 0.211. The van der Waals surface area contributed by atoms with Crippen molar-refractivity contribution in [2.75, 3.05) is 0 Å². The summed E-state index contributed by atoms with van der Waals surface area (Å²) in [6, 6.07) is 13.1. The summed E-state index contributed by atoms with van der Waals surface area (Å²) < 4.78 is 18.3. The Morgan fingerprint density at radius 2 is 1.78 bits per heavy atom. The molecule has 7 nitrogen and oxygen atoms in total. The standard InChI is InChI=1S/C19H18FN3O4/c1-12(27-15-10-8-14(20)9-11-15)16(24)22-23-17(25)19(2,21-18(23)26)13-6-4-3-5-7-13/h3-12H,1-2H3,(H,21,26)(H,22,24)/t12-,19-/m0/s1. The van der Waals surface area contributed by atoms with Crippen molar-refractivity contribution in [1.82, 2.24) is 15.8 Å². The molecular weight excluding hydrogens is 353 g/mol. The molecule has 8 heteroatoms. The Bertz CT molecular complexity index is 872. The third-order valence-electron chi connectivity index (χ3n) is 4.26. The minimum atomic E-state index is -1.29. The van der Waals surface area contributed by atoms with Crippen molar-refractivity contribution in [1.29, 1.82) is 0 Å². The van der Waals surface area contributed by atoms with Crippen LogP contribution in [0.2, 0.25) is 0 Å². The van der Waals surface area contributed by atoms with E-state index in [-0.39, 0.29) is 5.75 Å². The summed E-state index contributed by atoms with van der Waals surface area (Å²) in [6.07, 6.45) is -1.01. The number of hydrazine groups is 1. The lowest BCUT2D eigenvalue weighted by atomic mass is 9.92. The van der Waals surface area contributed by atoms with Crippen LogP contribution in [0.3, 0.4) is 0 Å². The van der Waals surface area contributed by atoms with E-state index in [0.29, 0.717) is 10.6 Å². The SMILES string of the molecule is C[C@H](Oc1ccc(F)cc1)C(=O)NN1C(=O)N[C@@](C)(c2ccccc2)C1=O. The van der Waals surface area contributed by atoms with Crippen LogP contribution in [0.15, 0.2) is 54.6 Å². The number of amides is 4. The molecule has 2 aromatic carbocycles. The molecule has 0 saturated carbocycles. The number of ether oxygens (including phenoxy) is 1. The van der Waals surface area contributed by atoms with Gasteiger partial charge in [-0.3, -0.25) is 15.0 Å². The number of benzene rings is 2. The third-order valence-corrected chi connectivity index (χ3v) is 4.26.